The SMILES string of the molecule is Cc1nn2cc(C3CC3)cnc2c1C(=O)NC1(c2ccc(C(F)(F)F)cn2)CCOCC1. The van der Waals surface area contributed by atoms with Gasteiger partial charge in [-0.3, -0.25) is 9.78 Å². The predicted octanol–water partition coefficient (Wildman–Crippen LogP) is 3.76. The summed E-state index contributed by atoms with van der Waals surface area (Å²) in [6, 6.07) is 2.32. The molecule has 1 amide bonds. The summed E-state index contributed by atoms with van der Waals surface area (Å²) in [5.74, 6) is 0.123. The highest BCUT2D eigenvalue weighted by Crippen LogP contribution is 2.40. The minimum Gasteiger partial charge on any atom is -0.381 e. The van der Waals surface area contributed by atoms with E-state index in [4.69, 9.17) is 4.74 Å². The smallest absolute Gasteiger partial charge is 0.381 e. The zero-order valence-electron chi connectivity index (χ0n) is 17.4. The van der Waals surface area contributed by atoms with Gasteiger partial charge in [0.1, 0.15) is 5.56 Å². The molecule has 1 saturated heterocycles. The molecule has 32 heavy (non-hydrogen) atoms. The van der Waals surface area contributed by atoms with Gasteiger partial charge in [-0.05, 0) is 56.2 Å². The molecule has 2 fully saturated rings. The van der Waals surface area contributed by atoms with Crippen molar-refractivity contribution in [3.05, 3.63) is 58.8 Å². The highest BCUT2D eigenvalue weighted by molar-refractivity contribution is 6.01. The lowest BCUT2D eigenvalue weighted by Gasteiger charge is -2.37. The van der Waals surface area contributed by atoms with Gasteiger partial charge in [-0.15, -0.1) is 0 Å². The number of halogens is 3. The van der Waals surface area contributed by atoms with Crippen LogP contribution in [0.5, 0.6) is 0 Å². The van der Waals surface area contributed by atoms with E-state index in [9.17, 15) is 18.0 Å². The number of nitrogens with one attached hydrogen (secondary N) is 1. The summed E-state index contributed by atoms with van der Waals surface area (Å²) in [5, 5.41) is 7.50. The molecule has 0 spiro atoms. The standard InChI is InChI=1S/C22H22F3N5O2/c1-13-18(19-27-10-15(14-2-3-14)12-30(19)29-13)20(31)28-21(6-8-32-9-7-21)17-5-4-16(11-26-17)22(23,24)25/h4-5,10-12,14H,2-3,6-9H2,1H3,(H,28,31). The van der Waals surface area contributed by atoms with Crippen LogP contribution in [0.4, 0.5) is 13.2 Å². The van der Waals surface area contributed by atoms with E-state index in [2.05, 4.69) is 20.4 Å². The van der Waals surface area contributed by atoms with Gasteiger partial charge in [0.15, 0.2) is 5.65 Å². The average Bonchev–Trinajstić information content (AvgIpc) is 3.55. The van der Waals surface area contributed by atoms with Gasteiger partial charge >= 0.3 is 6.18 Å². The minimum absolute atomic E-state index is 0.352. The number of hydrogen-bond donors (Lipinski definition) is 1. The summed E-state index contributed by atoms with van der Waals surface area (Å²) in [7, 11) is 0. The molecule has 7 nitrogen and oxygen atoms in total. The van der Waals surface area contributed by atoms with Crippen molar-refractivity contribution in [2.75, 3.05) is 13.2 Å². The fourth-order valence-electron chi connectivity index (χ4n) is 4.24. The zero-order valence-corrected chi connectivity index (χ0v) is 17.4. The number of amides is 1. The van der Waals surface area contributed by atoms with Crippen molar-refractivity contribution >= 4 is 11.6 Å². The first-order valence-electron chi connectivity index (χ1n) is 10.6. The van der Waals surface area contributed by atoms with Crippen LogP contribution >= 0.6 is 0 Å². The van der Waals surface area contributed by atoms with E-state index in [-0.39, 0.29) is 5.91 Å². The third kappa shape index (κ3) is 3.72. The van der Waals surface area contributed by atoms with E-state index in [0.29, 0.717) is 54.6 Å². The first-order chi connectivity index (χ1) is 15.3. The van der Waals surface area contributed by atoms with Crippen molar-refractivity contribution in [1.82, 2.24) is 24.9 Å². The van der Waals surface area contributed by atoms with Crippen molar-refractivity contribution in [2.24, 2.45) is 0 Å². The molecule has 10 heteroatoms. The van der Waals surface area contributed by atoms with Crippen LogP contribution in [0.25, 0.3) is 5.65 Å². The summed E-state index contributed by atoms with van der Waals surface area (Å²) in [6.07, 6.45) is 3.08. The number of aryl methyl sites for hydroxylation is 1. The molecule has 0 bridgehead atoms. The molecule has 0 aromatic carbocycles. The monoisotopic (exact) mass is 445 g/mol. The van der Waals surface area contributed by atoms with Crippen LogP contribution in [0.3, 0.4) is 0 Å². The molecule has 0 radical (unpaired) electrons. The van der Waals surface area contributed by atoms with E-state index in [1.54, 1.807) is 17.6 Å². The molecule has 1 N–H and O–H groups in total. The molecular weight excluding hydrogens is 423 g/mol. The van der Waals surface area contributed by atoms with E-state index < -0.39 is 17.3 Å². The first kappa shape index (κ1) is 20.9. The Labute approximate surface area is 182 Å². The Morgan fingerprint density at radius 2 is 1.94 bits per heavy atom. The van der Waals surface area contributed by atoms with Crippen LogP contribution in [0.1, 0.15) is 64.5 Å². The van der Waals surface area contributed by atoms with Crippen molar-refractivity contribution in [2.45, 2.75) is 50.2 Å². The lowest BCUT2D eigenvalue weighted by molar-refractivity contribution is -0.137. The molecule has 3 aromatic rings. The Bertz CT molecular complexity index is 1160. The normalized spacial score (nSPS) is 18.6. The van der Waals surface area contributed by atoms with Gasteiger partial charge in [-0.2, -0.15) is 18.3 Å². The predicted molar refractivity (Wildman–Crippen MR) is 108 cm³/mol. The molecule has 1 aliphatic carbocycles. The fourth-order valence-corrected chi connectivity index (χ4v) is 4.24. The molecule has 5 rings (SSSR count). The van der Waals surface area contributed by atoms with Crippen LogP contribution in [-0.2, 0) is 16.5 Å². The van der Waals surface area contributed by atoms with Gasteiger partial charge in [0, 0.05) is 31.8 Å². The summed E-state index contributed by atoms with van der Waals surface area (Å²) >= 11 is 0. The molecule has 0 atom stereocenters. The van der Waals surface area contributed by atoms with E-state index >= 15 is 0 Å². The number of hydrogen-bond acceptors (Lipinski definition) is 5. The molecule has 1 aliphatic heterocycles. The van der Waals surface area contributed by atoms with Gasteiger partial charge in [0.05, 0.1) is 22.5 Å². The van der Waals surface area contributed by atoms with Gasteiger partial charge in [0.2, 0.25) is 0 Å². The summed E-state index contributed by atoms with van der Waals surface area (Å²) in [4.78, 5) is 21.9. The third-order valence-corrected chi connectivity index (χ3v) is 6.22. The van der Waals surface area contributed by atoms with Crippen LogP contribution in [-0.4, -0.2) is 38.7 Å². The number of carbonyl (C=O) groups excluding carboxylic acids is 1. The molecule has 2 aliphatic rings. The van der Waals surface area contributed by atoms with Gasteiger partial charge in [-0.25, -0.2) is 9.50 Å². The Balaban J connectivity index is 1.48. The summed E-state index contributed by atoms with van der Waals surface area (Å²) in [6.45, 7) is 2.47. The topological polar surface area (TPSA) is 81.4 Å². The van der Waals surface area contributed by atoms with E-state index in [0.717, 1.165) is 30.7 Å². The number of alkyl halides is 3. The maximum absolute atomic E-state index is 13.4. The quantitative estimate of drug-likeness (QED) is 0.661. The summed E-state index contributed by atoms with van der Waals surface area (Å²) in [5.41, 5.74) is 1.04. The highest BCUT2D eigenvalue weighted by Gasteiger charge is 2.40. The van der Waals surface area contributed by atoms with E-state index in [1.807, 2.05) is 6.20 Å². The Morgan fingerprint density at radius 3 is 2.56 bits per heavy atom. The van der Waals surface area contributed by atoms with Crippen LogP contribution in [0.2, 0.25) is 0 Å². The number of pyridine rings is 1. The first-order valence-corrected chi connectivity index (χ1v) is 10.6. The van der Waals surface area contributed by atoms with Gasteiger partial charge < -0.3 is 10.1 Å². The largest absolute Gasteiger partial charge is 0.417 e. The Kier molecular flexibility index (Phi) is 4.92. The van der Waals surface area contributed by atoms with E-state index in [1.165, 1.54) is 6.07 Å². The van der Waals surface area contributed by atoms with Crippen LogP contribution < -0.4 is 5.32 Å². The van der Waals surface area contributed by atoms with Crippen LogP contribution in [0.15, 0.2) is 30.7 Å². The second-order valence-electron chi connectivity index (χ2n) is 8.47. The number of fused-ring (bicyclic) bond motifs is 1. The third-order valence-electron chi connectivity index (χ3n) is 6.22. The molecule has 3 aromatic heterocycles. The van der Waals surface area contributed by atoms with Crippen molar-refractivity contribution in [3.63, 3.8) is 0 Å². The minimum atomic E-state index is -4.48. The zero-order chi connectivity index (χ0) is 22.5. The molecule has 0 unspecified atom stereocenters. The number of carbonyl (C=O) groups is 1. The molecular formula is C22H22F3N5O2. The lowest BCUT2D eigenvalue weighted by Crippen LogP contribution is -2.50. The van der Waals surface area contributed by atoms with Gasteiger partial charge in [0.25, 0.3) is 5.91 Å². The van der Waals surface area contributed by atoms with Crippen molar-refractivity contribution in [1.29, 1.82) is 0 Å². The highest BCUT2D eigenvalue weighted by atomic mass is 19.4. The Hall–Kier alpha value is -3.01. The Morgan fingerprint density at radius 1 is 1.19 bits per heavy atom. The number of ether oxygens (including phenoxy) is 1. The second-order valence-corrected chi connectivity index (χ2v) is 8.47. The van der Waals surface area contributed by atoms with Crippen molar-refractivity contribution in [3.8, 4) is 0 Å². The molecule has 1 saturated carbocycles. The average molecular weight is 445 g/mol. The fraction of sp³-hybridized carbons (Fsp3) is 0.455. The molecule has 168 valence electrons. The van der Waals surface area contributed by atoms with Crippen LogP contribution in [0, 0.1) is 6.92 Å². The molecule has 4 heterocycles. The van der Waals surface area contributed by atoms with Crippen molar-refractivity contribution < 1.29 is 22.7 Å². The maximum atomic E-state index is 13.4. The maximum Gasteiger partial charge on any atom is 0.417 e. The lowest BCUT2D eigenvalue weighted by atomic mass is 9.85. The second kappa shape index (κ2) is 7.54. The summed E-state index contributed by atoms with van der Waals surface area (Å²) < 4.78 is 46.0. The number of nitrogens with zero attached hydrogens (tertiary/aromatic N) is 4. The number of aromatic nitrogens is 4. The van der Waals surface area contributed by atoms with Gasteiger partial charge in [-0.1, -0.05) is 0 Å². The number of rotatable bonds is 4.